The van der Waals surface area contributed by atoms with Crippen LogP contribution in [0.3, 0.4) is 0 Å². The number of hydrogen-bond acceptors (Lipinski definition) is 1. The highest BCUT2D eigenvalue weighted by molar-refractivity contribution is 5.23. The highest BCUT2D eigenvalue weighted by Gasteiger charge is 2.27. The molecule has 1 saturated heterocycles. The predicted molar refractivity (Wildman–Crippen MR) is 71.7 cm³/mol. The summed E-state index contributed by atoms with van der Waals surface area (Å²) in [4.78, 5) is 2.69. The van der Waals surface area contributed by atoms with Crippen LogP contribution in [0.15, 0.2) is 30.3 Å². The highest BCUT2D eigenvalue weighted by Crippen LogP contribution is 2.31. The zero-order valence-corrected chi connectivity index (χ0v) is 10.5. The number of benzene rings is 1. The third-order valence-corrected chi connectivity index (χ3v) is 3.98. The first-order valence-corrected chi connectivity index (χ1v) is 7.02. The second-order valence-corrected chi connectivity index (χ2v) is 5.68. The van der Waals surface area contributed by atoms with Crippen LogP contribution in [0.4, 0.5) is 0 Å². The van der Waals surface area contributed by atoms with Crippen molar-refractivity contribution < 1.29 is 0 Å². The Morgan fingerprint density at radius 2 is 1.94 bits per heavy atom. The molecular formula is C16H22N. The van der Waals surface area contributed by atoms with Crippen molar-refractivity contribution in [1.29, 1.82) is 0 Å². The monoisotopic (exact) mass is 228 g/mol. The van der Waals surface area contributed by atoms with E-state index in [1.54, 1.807) is 0 Å². The van der Waals surface area contributed by atoms with Crippen LogP contribution in [0.25, 0.3) is 0 Å². The molecule has 2 fully saturated rings. The zero-order valence-electron chi connectivity index (χ0n) is 10.5. The lowest BCUT2D eigenvalue weighted by atomic mass is 9.91. The Hall–Kier alpha value is -0.820. The van der Waals surface area contributed by atoms with Crippen molar-refractivity contribution in [3.8, 4) is 0 Å². The molecule has 1 unspecified atom stereocenters. The second kappa shape index (κ2) is 5.22. The van der Waals surface area contributed by atoms with Crippen molar-refractivity contribution in [2.75, 3.05) is 19.6 Å². The van der Waals surface area contributed by atoms with Crippen LogP contribution in [0, 0.1) is 18.3 Å². The largest absolute Gasteiger partial charge is 0.303 e. The fourth-order valence-corrected chi connectivity index (χ4v) is 2.90. The van der Waals surface area contributed by atoms with Crippen molar-refractivity contribution in [1.82, 2.24) is 4.90 Å². The summed E-state index contributed by atoms with van der Waals surface area (Å²) in [7, 11) is 0. The van der Waals surface area contributed by atoms with E-state index in [2.05, 4.69) is 41.7 Å². The predicted octanol–water partition coefficient (Wildman–Crippen LogP) is 3.36. The van der Waals surface area contributed by atoms with Gasteiger partial charge < -0.3 is 4.90 Å². The van der Waals surface area contributed by atoms with E-state index in [0.29, 0.717) is 0 Å². The van der Waals surface area contributed by atoms with Crippen molar-refractivity contribution in [3.05, 3.63) is 42.3 Å². The van der Waals surface area contributed by atoms with Gasteiger partial charge in [0.25, 0.3) is 0 Å². The van der Waals surface area contributed by atoms with Gasteiger partial charge in [0, 0.05) is 13.1 Å². The maximum atomic E-state index is 2.69. The summed E-state index contributed by atoms with van der Waals surface area (Å²) in [5.41, 5.74) is 1.39. The van der Waals surface area contributed by atoms with Gasteiger partial charge >= 0.3 is 0 Å². The standard InChI is InChI=1S/C16H22N/c1-2-5-14(6-3-1)11-16-7-4-10-17(13-16)12-15-8-9-15/h1-3,5-6,11,15-16H,4,7-10,12-13H2. The lowest BCUT2D eigenvalue weighted by Gasteiger charge is -2.32. The molecule has 1 saturated carbocycles. The maximum absolute atomic E-state index is 2.69. The van der Waals surface area contributed by atoms with Gasteiger partial charge in [-0.25, -0.2) is 0 Å². The molecule has 0 aromatic heterocycles. The summed E-state index contributed by atoms with van der Waals surface area (Å²) in [6.45, 7) is 3.97. The summed E-state index contributed by atoms with van der Waals surface area (Å²) >= 11 is 0. The smallest absolute Gasteiger partial charge is 0.00159 e. The van der Waals surface area contributed by atoms with E-state index in [-0.39, 0.29) is 0 Å². The summed E-state index contributed by atoms with van der Waals surface area (Å²) in [5.74, 6) is 1.80. The normalized spacial score (nSPS) is 26.0. The van der Waals surface area contributed by atoms with E-state index in [4.69, 9.17) is 0 Å². The number of nitrogens with zero attached hydrogens (tertiary/aromatic N) is 1. The molecule has 1 aliphatic carbocycles. The number of hydrogen-bond donors (Lipinski definition) is 0. The number of piperidine rings is 1. The average Bonchev–Trinajstić information content (AvgIpc) is 3.15. The third-order valence-electron chi connectivity index (χ3n) is 3.98. The molecule has 0 N–H and O–H groups in total. The molecule has 3 rings (SSSR count). The van der Waals surface area contributed by atoms with Crippen molar-refractivity contribution in [2.45, 2.75) is 25.7 Å². The minimum Gasteiger partial charge on any atom is -0.303 e. The quantitative estimate of drug-likeness (QED) is 0.764. The molecule has 91 valence electrons. The van der Waals surface area contributed by atoms with Gasteiger partial charge in [0.2, 0.25) is 0 Å². The molecular weight excluding hydrogens is 206 g/mol. The van der Waals surface area contributed by atoms with Crippen molar-refractivity contribution in [3.63, 3.8) is 0 Å². The van der Waals surface area contributed by atoms with E-state index in [1.165, 1.54) is 50.9 Å². The fourth-order valence-electron chi connectivity index (χ4n) is 2.90. The molecule has 0 bridgehead atoms. The summed E-state index contributed by atoms with van der Waals surface area (Å²) in [5, 5.41) is 0. The summed E-state index contributed by atoms with van der Waals surface area (Å²) in [6.07, 6.45) is 8.17. The first kappa shape index (κ1) is 11.3. The summed E-state index contributed by atoms with van der Waals surface area (Å²) < 4.78 is 0. The SMILES string of the molecule is [CH](c1ccccc1)C1CCCN(CC2CC2)C1. The molecule has 2 aliphatic rings. The van der Waals surface area contributed by atoms with Crippen molar-refractivity contribution >= 4 is 0 Å². The average molecular weight is 228 g/mol. The first-order chi connectivity index (χ1) is 8.40. The molecule has 1 aliphatic heterocycles. The van der Waals surface area contributed by atoms with E-state index in [0.717, 1.165) is 11.8 Å². The lowest BCUT2D eigenvalue weighted by Crippen LogP contribution is -2.37. The lowest BCUT2D eigenvalue weighted by molar-refractivity contribution is 0.184. The van der Waals surface area contributed by atoms with Crippen LogP contribution in [0.1, 0.15) is 31.2 Å². The molecule has 0 amide bonds. The molecule has 1 heteroatoms. The molecule has 1 aromatic rings. The van der Waals surface area contributed by atoms with Crippen LogP contribution in [0.5, 0.6) is 0 Å². The molecule has 17 heavy (non-hydrogen) atoms. The van der Waals surface area contributed by atoms with E-state index >= 15 is 0 Å². The molecule has 1 nitrogen and oxygen atoms in total. The minimum atomic E-state index is 0.768. The molecule has 1 atom stereocenters. The maximum Gasteiger partial charge on any atom is 0.00159 e. The van der Waals surface area contributed by atoms with Crippen LogP contribution in [-0.4, -0.2) is 24.5 Å². The molecule has 1 heterocycles. The summed E-state index contributed by atoms with van der Waals surface area (Å²) in [6, 6.07) is 10.8. The Bertz CT molecular complexity index is 342. The Morgan fingerprint density at radius 1 is 1.12 bits per heavy atom. The number of likely N-dealkylation sites (tertiary alicyclic amines) is 1. The van der Waals surface area contributed by atoms with Gasteiger partial charge in [0.1, 0.15) is 0 Å². The topological polar surface area (TPSA) is 3.24 Å². The van der Waals surface area contributed by atoms with E-state index < -0.39 is 0 Å². The Morgan fingerprint density at radius 3 is 2.71 bits per heavy atom. The molecule has 0 spiro atoms. The van der Waals surface area contributed by atoms with Crippen LogP contribution in [0.2, 0.25) is 0 Å². The minimum absolute atomic E-state index is 0.768. The first-order valence-electron chi connectivity index (χ1n) is 7.02. The van der Waals surface area contributed by atoms with E-state index in [9.17, 15) is 0 Å². The highest BCUT2D eigenvalue weighted by atomic mass is 15.1. The van der Waals surface area contributed by atoms with Gasteiger partial charge in [0.05, 0.1) is 0 Å². The van der Waals surface area contributed by atoms with Gasteiger partial charge in [-0.05, 0) is 56.0 Å². The zero-order chi connectivity index (χ0) is 11.5. The van der Waals surface area contributed by atoms with E-state index in [1.807, 2.05) is 0 Å². The number of rotatable bonds is 4. The van der Waals surface area contributed by atoms with Gasteiger partial charge in [-0.1, -0.05) is 30.3 Å². The van der Waals surface area contributed by atoms with Crippen LogP contribution in [-0.2, 0) is 0 Å². The fraction of sp³-hybridized carbons (Fsp3) is 0.562. The Kier molecular flexibility index (Phi) is 3.46. The van der Waals surface area contributed by atoms with Gasteiger partial charge in [-0.15, -0.1) is 0 Å². The second-order valence-electron chi connectivity index (χ2n) is 5.68. The van der Waals surface area contributed by atoms with Crippen LogP contribution < -0.4 is 0 Å². The molecule has 1 radical (unpaired) electrons. The third kappa shape index (κ3) is 3.32. The van der Waals surface area contributed by atoms with Gasteiger partial charge in [-0.3, -0.25) is 0 Å². The molecule has 1 aromatic carbocycles. The van der Waals surface area contributed by atoms with Crippen molar-refractivity contribution in [2.24, 2.45) is 11.8 Å². The van der Waals surface area contributed by atoms with Crippen LogP contribution >= 0.6 is 0 Å². The Labute approximate surface area is 105 Å². The van der Waals surface area contributed by atoms with Gasteiger partial charge in [-0.2, -0.15) is 0 Å². The van der Waals surface area contributed by atoms with Gasteiger partial charge in [0.15, 0.2) is 0 Å². The Balaban J connectivity index is 1.52.